The Bertz CT molecular complexity index is 104. The predicted octanol–water partition coefficient (Wildman–Crippen LogP) is 0.540. The van der Waals surface area contributed by atoms with Crippen LogP contribution in [0.15, 0.2) is 0 Å². The predicted molar refractivity (Wildman–Crippen MR) is 38.2 cm³/mol. The van der Waals surface area contributed by atoms with Crippen LogP contribution in [0.1, 0.15) is 13.3 Å². The minimum absolute atomic E-state index is 0.219. The van der Waals surface area contributed by atoms with Gasteiger partial charge < -0.3 is 4.74 Å². The van der Waals surface area contributed by atoms with Gasteiger partial charge in [-0.2, -0.15) is 0 Å². The molecule has 2 radical (unpaired) electrons. The van der Waals surface area contributed by atoms with E-state index >= 15 is 0 Å². The fraction of sp³-hybridized carbons (Fsp3) is 0.714. The quantitative estimate of drug-likeness (QED) is 0.425. The van der Waals surface area contributed by atoms with Crippen molar-refractivity contribution in [1.29, 1.82) is 0 Å². The molecule has 0 amide bonds. The molecule has 0 rings (SSSR count). The van der Waals surface area contributed by atoms with E-state index in [2.05, 4.69) is 4.74 Å². The summed E-state index contributed by atoms with van der Waals surface area (Å²) in [7, 11) is 6.77. The zero-order chi connectivity index (χ0) is 7.98. The van der Waals surface area contributed by atoms with Crippen molar-refractivity contribution in [1.82, 2.24) is 4.90 Å². The Labute approximate surface area is 62.0 Å². The molecule has 0 aliphatic heterocycles. The molecule has 0 heterocycles. The number of carbonyl (C=O) groups excluding carboxylic acids is 1. The van der Waals surface area contributed by atoms with Crippen LogP contribution in [0.25, 0.3) is 0 Å². The van der Waals surface area contributed by atoms with E-state index in [9.17, 15) is 4.79 Å². The van der Waals surface area contributed by atoms with Crippen LogP contribution < -0.4 is 0 Å². The minimum atomic E-state index is -0.219. The fourth-order valence-corrected chi connectivity index (χ4v) is 0.495. The van der Waals surface area contributed by atoms with Crippen molar-refractivity contribution in [2.45, 2.75) is 13.3 Å². The Balaban J connectivity index is 3.26. The van der Waals surface area contributed by atoms with Crippen LogP contribution in [0.3, 0.4) is 0 Å². The van der Waals surface area contributed by atoms with E-state index in [1.807, 2.05) is 6.92 Å². The van der Waals surface area contributed by atoms with Crippen LogP contribution >= 0.6 is 0 Å². The van der Waals surface area contributed by atoms with Crippen molar-refractivity contribution >= 4 is 5.97 Å². The third kappa shape index (κ3) is 4.32. The molecular weight excluding hydrogens is 130 g/mol. The van der Waals surface area contributed by atoms with Gasteiger partial charge in [0.25, 0.3) is 0 Å². The topological polar surface area (TPSA) is 29.5 Å². The van der Waals surface area contributed by atoms with Crippen molar-refractivity contribution in [2.24, 2.45) is 0 Å². The molecule has 0 unspecified atom stereocenters. The number of ether oxygens (including phenoxy) is 1. The number of hydrogen-bond donors (Lipinski definition) is 0. The van der Waals surface area contributed by atoms with Crippen LogP contribution in [-0.2, 0) is 9.53 Å². The molecule has 0 N–H and O–H groups in total. The number of methoxy groups -OCH3 is 1. The molecule has 0 bridgehead atoms. The summed E-state index contributed by atoms with van der Waals surface area (Å²) in [6.45, 7) is 3.23. The molecule has 0 aromatic carbocycles. The summed E-state index contributed by atoms with van der Waals surface area (Å²) >= 11 is 0. The number of esters is 1. The molecule has 0 atom stereocenters. The number of rotatable bonds is 4. The van der Waals surface area contributed by atoms with Crippen LogP contribution in [-0.4, -0.2) is 31.1 Å². The molecule has 0 saturated carbocycles. The maximum Gasteiger partial charge on any atom is 0.306 e. The lowest BCUT2D eigenvalue weighted by atomic mass is 10.4. The monoisotopic (exact) mass is 143 g/mol. The lowest BCUT2D eigenvalue weighted by Gasteiger charge is -2.10. The highest BCUT2D eigenvalue weighted by Crippen LogP contribution is 1.89. The normalized spacial score (nSPS) is 10.0. The van der Waals surface area contributed by atoms with Crippen molar-refractivity contribution < 1.29 is 9.53 Å². The van der Waals surface area contributed by atoms with Gasteiger partial charge in [0.05, 0.1) is 13.5 Å². The smallest absolute Gasteiger partial charge is 0.306 e. The van der Waals surface area contributed by atoms with Crippen LogP contribution in [0.5, 0.6) is 0 Å². The van der Waals surface area contributed by atoms with Gasteiger partial charge in [0.1, 0.15) is 0 Å². The number of hydrogen-bond acceptors (Lipinski definition) is 3. The van der Waals surface area contributed by atoms with Gasteiger partial charge in [-0.3, -0.25) is 9.69 Å². The molecule has 0 saturated heterocycles. The zero-order valence-corrected chi connectivity index (χ0v) is 6.46. The zero-order valence-electron chi connectivity index (χ0n) is 6.46. The third-order valence-electron chi connectivity index (χ3n) is 1.24. The average molecular weight is 143 g/mol. The number of carbonyl (C=O) groups is 1. The first-order valence-electron chi connectivity index (χ1n) is 3.27. The first-order chi connectivity index (χ1) is 4.70. The summed E-state index contributed by atoms with van der Waals surface area (Å²) in [5.41, 5.74) is 0. The number of nitrogens with zero attached hydrogens (tertiary/aromatic N) is 1. The van der Waals surface area contributed by atoms with Gasteiger partial charge in [-0.25, -0.2) is 0 Å². The summed E-state index contributed by atoms with van der Waals surface area (Å²) in [6.07, 6.45) is 0.362. The molecule has 3 nitrogen and oxygen atoms in total. The standard InChI is InChI=1S/C7H13NO2/c1-4-8(2)6-5-7(9)10-3/h2H,4-6H2,1,3H3. The summed E-state index contributed by atoms with van der Waals surface area (Å²) in [5, 5.41) is 0. The molecule has 0 aliphatic carbocycles. The van der Waals surface area contributed by atoms with E-state index in [-0.39, 0.29) is 5.97 Å². The lowest BCUT2D eigenvalue weighted by molar-refractivity contribution is -0.140. The highest BCUT2D eigenvalue weighted by atomic mass is 16.5. The maximum absolute atomic E-state index is 10.5. The fourth-order valence-electron chi connectivity index (χ4n) is 0.495. The van der Waals surface area contributed by atoms with Crippen LogP contribution in [0.2, 0.25) is 0 Å². The van der Waals surface area contributed by atoms with Crippen molar-refractivity contribution in [2.75, 3.05) is 20.2 Å². The second-order valence-corrected chi connectivity index (χ2v) is 1.95. The van der Waals surface area contributed by atoms with Gasteiger partial charge in [0, 0.05) is 13.6 Å². The van der Waals surface area contributed by atoms with Gasteiger partial charge in [-0.15, -0.1) is 0 Å². The average Bonchev–Trinajstić information content (AvgIpc) is 1.99. The summed E-state index contributed by atoms with van der Waals surface area (Å²) < 4.78 is 4.42. The Morgan fingerprint density at radius 1 is 1.70 bits per heavy atom. The molecule has 0 aromatic heterocycles. The van der Waals surface area contributed by atoms with Gasteiger partial charge in [0.2, 0.25) is 0 Å². The van der Waals surface area contributed by atoms with Gasteiger partial charge in [-0.1, -0.05) is 6.92 Å². The van der Waals surface area contributed by atoms with Crippen LogP contribution in [0.4, 0.5) is 0 Å². The molecule has 3 heteroatoms. The second kappa shape index (κ2) is 5.23. The molecular formula is C7H13NO2. The lowest BCUT2D eigenvalue weighted by Crippen LogP contribution is -2.19. The Morgan fingerprint density at radius 2 is 2.30 bits per heavy atom. The molecule has 10 heavy (non-hydrogen) atoms. The molecule has 0 aromatic rings. The summed E-state index contributed by atoms with van der Waals surface area (Å²) in [5.74, 6) is -0.219. The van der Waals surface area contributed by atoms with E-state index in [1.165, 1.54) is 7.11 Å². The largest absolute Gasteiger partial charge is 0.469 e. The molecule has 58 valence electrons. The highest BCUT2D eigenvalue weighted by molar-refractivity contribution is 5.69. The van der Waals surface area contributed by atoms with E-state index in [1.54, 1.807) is 4.90 Å². The van der Waals surface area contributed by atoms with Crippen molar-refractivity contribution in [3.05, 3.63) is 7.05 Å². The van der Waals surface area contributed by atoms with E-state index in [4.69, 9.17) is 7.05 Å². The maximum atomic E-state index is 10.5. The Kier molecular flexibility index (Phi) is 4.94. The Morgan fingerprint density at radius 3 is 2.70 bits per heavy atom. The van der Waals surface area contributed by atoms with E-state index in [0.717, 1.165) is 6.54 Å². The Hall–Kier alpha value is -0.570. The van der Waals surface area contributed by atoms with Crippen molar-refractivity contribution in [3.63, 3.8) is 0 Å². The SMILES string of the molecule is [CH]N(CC)CCC(=O)OC. The third-order valence-corrected chi connectivity index (χ3v) is 1.24. The summed E-state index contributed by atoms with van der Waals surface area (Å²) in [6, 6.07) is 0. The summed E-state index contributed by atoms with van der Waals surface area (Å²) in [4.78, 5) is 12.1. The molecule has 0 fully saturated rings. The van der Waals surface area contributed by atoms with Gasteiger partial charge in [0.15, 0.2) is 0 Å². The van der Waals surface area contributed by atoms with Crippen molar-refractivity contribution in [3.8, 4) is 0 Å². The second-order valence-electron chi connectivity index (χ2n) is 1.95. The first kappa shape index (κ1) is 9.43. The van der Waals surface area contributed by atoms with Gasteiger partial charge >= 0.3 is 5.97 Å². The van der Waals surface area contributed by atoms with E-state index in [0.29, 0.717) is 13.0 Å². The minimum Gasteiger partial charge on any atom is -0.469 e. The highest BCUT2D eigenvalue weighted by Gasteiger charge is 2.01. The molecule has 0 spiro atoms. The van der Waals surface area contributed by atoms with Gasteiger partial charge in [-0.05, 0) is 6.54 Å². The van der Waals surface area contributed by atoms with Crippen LogP contribution in [0, 0.1) is 7.05 Å². The van der Waals surface area contributed by atoms with E-state index < -0.39 is 0 Å². The first-order valence-corrected chi connectivity index (χ1v) is 3.27. The molecule has 0 aliphatic rings.